The normalized spacial score (nSPS) is 11.0. The molecule has 118 valence electrons. The first-order valence-electron chi connectivity index (χ1n) is 7.63. The summed E-state index contributed by atoms with van der Waals surface area (Å²) < 4.78 is 5.93. The Morgan fingerprint density at radius 1 is 0.875 bits per heavy atom. The van der Waals surface area contributed by atoms with Crippen molar-refractivity contribution in [3.05, 3.63) is 72.4 Å². The third-order valence-electron chi connectivity index (χ3n) is 4.04. The largest absolute Gasteiger partial charge is 0.504 e. The van der Waals surface area contributed by atoms with Gasteiger partial charge in [0.1, 0.15) is 5.52 Å². The smallest absolute Gasteiger partial charge is 0.169 e. The fourth-order valence-electron chi connectivity index (χ4n) is 2.85. The summed E-state index contributed by atoms with van der Waals surface area (Å²) in [7, 11) is 0. The van der Waals surface area contributed by atoms with Crippen LogP contribution in [-0.4, -0.2) is 15.2 Å². The van der Waals surface area contributed by atoms with E-state index in [0.717, 1.165) is 27.2 Å². The number of hydrogen-bond donors (Lipinski definition) is 2. The summed E-state index contributed by atoms with van der Waals surface area (Å²) in [4.78, 5) is 4.36. The molecule has 24 heavy (non-hydrogen) atoms. The van der Waals surface area contributed by atoms with E-state index in [9.17, 15) is 10.2 Å². The number of aromatic nitrogens is 1. The molecular weight excluding hydrogens is 302 g/mol. The second-order valence-electron chi connectivity index (χ2n) is 5.55. The Labute approximate surface area is 138 Å². The molecule has 0 saturated carbocycles. The van der Waals surface area contributed by atoms with Crippen LogP contribution in [-0.2, 0) is 6.61 Å². The van der Waals surface area contributed by atoms with Gasteiger partial charge in [0.25, 0.3) is 0 Å². The van der Waals surface area contributed by atoms with E-state index in [1.807, 2.05) is 48.5 Å². The number of aromatic hydroxyl groups is 1. The minimum Gasteiger partial charge on any atom is -0.504 e. The predicted octanol–water partition coefficient (Wildman–Crippen LogP) is 4.38. The van der Waals surface area contributed by atoms with Gasteiger partial charge < -0.3 is 14.9 Å². The van der Waals surface area contributed by atoms with Crippen LogP contribution in [0.15, 0.2) is 66.9 Å². The van der Waals surface area contributed by atoms with Gasteiger partial charge in [-0.1, -0.05) is 36.4 Å². The SMILES string of the molecule is OCc1cccc2cc(Oc3cccc4cccnc34)c(O)cc12. The molecule has 0 unspecified atom stereocenters. The summed E-state index contributed by atoms with van der Waals surface area (Å²) >= 11 is 0. The van der Waals surface area contributed by atoms with E-state index in [1.54, 1.807) is 18.3 Å². The van der Waals surface area contributed by atoms with Gasteiger partial charge >= 0.3 is 0 Å². The van der Waals surface area contributed by atoms with Crippen LogP contribution < -0.4 is 4.74 Å². The minimum absolute atomic E-state index is 0.0244. The Kier molecular flexibility index (Phi) is 3.52. The first kappa shape index (κ1) is 14.5. The van der Waals surface area contributed by atoms with Gasteiger partial charge in [-0.3, -0.25) is 4.98 Å². The second kappa shape index (κ2) is 5.83. The van der Waals surface area contributed by atoms with E-state index in [4.69, 9.17) is 4.74 Å². The summed E-state index contributed by atoms with van der Waals surface area (Å²) in [5.74, 6) is 0.966. The highest BCUT2D eigenvalue weighted by Crippen LogP contribution is 2.37. The molecule has 0 amide bonds. The van der Waals surface area contributed by atoms with Crippen molar-refractivity contribution in [2.24, 2.45) is 0 Å². The van der Waals surface area contributed by atoms with Gasteiger partial charge in [-0.05, 0) is 40.6 Å². The van der Waals surface area contributed by atoms with Crippen LogP contribution in [0.1, 0.15) is 5.56 Å². The monoisotopic (exact) mass is 317 g/mol. The highest BCUT2D eigenvalue weighted by Gasteiger charge is 2.11. The number of ether oxygens (including phenoxy) is 1. The Balaban J connectivity index is 1.83. The minimum atomic E-state index is -0.0791. The van der Waals surface area contributed by atoms with Gasteiger partial charge in [0, 0.05) is 11.6 Å². The van der Waals surface area contributed by atoms with Crippen molar-refractivity contribution in [1.29, 1.82) is 0 Å². The number of phenols is 1. The predicted molar refractivity (Wildman–Crippen MR) is 93.4 cm³/mol. The van der Waals surface area contributed by atoms with Crippen LogP contribution in [0.4, 0.5) is 0 Å². The molecule has 0 aliphatic carbocycles. The number of benzene rings is 3. The molecule has 0 spiro atoms. The number of rotatable bonds is 3. The van der Waals surface area contributed by atoms with Gasteiger partial charge in [-0.2, -0.15) is 0 Å². The summed E-state index contributed by atoms with van der Waals surface area (Å²) in [6.45, 7) is -0.0791. The molecule has 0 fully saturated rings. The van der Waals surface area contributed by atoms with E-state index in [-0.39, 0.29) is 12.4 Å². The van der Waals surface area contributed by atoms with Crippen molar-refractivity contribution in [3.63, 3.8) is 0 Å². The number of nitrogens with zero attached hydrogens (tertiary/aromatic N) is 1. The summed E-state index contributed by atoms with van der Waals surface area (Å²) in [5, 5.41) is 22.4. The Morgan fingerprint density at radius 2 is 1.67 bits per heavy atom. The van der Waals surface area contributed by atoms with Gasteiger partial charge in [0.2, 0.25) is 0 Å². The second-order valence-corrected chi connectivity index (χ2v) is 5.55. The van der Waals surface area contributed by atoms with Gasteiger partial charge in [0.15, 0.2) is 17.2 Å². The zero-order valence-corrected chi connectivity index (χ0v) is 12.8. The molecule has 0 saturated heterocycles. The molecule has 0 bridgehead atoms. The number of pyridine rings is 1. The lowest BCUT2D eigenvalue weighted by Gasteiger charge is -2.12. The van der Waals surface area contributed by atoms with Crippen LogP contribution in [0, 0.1) is 0 Å². The number of para-hydroxylation sites is 1. The Bertz CT molecular complexity index is 1040. The fourth-order valence-corrected chi connectivity index (χ4v) is 2.85. The summed E-state index contributed by atoms with van der Waals surface area (Å²) in [6, 6.07) is 18.5. The quantitative estimate of drug-likeness (QED) is 0.588. The number of aliphatic hydroxyl groups excluding tert-OH is 1. The zero-order valence-electron chi connectivity index (χ0n) is 12.8. The molecule has 4 aromatic rings. The maximum Gasteiger partial charge on any atom is 0.169 e. The molecule has 3 aromatic carbocycles. The van der Waals surface area contributed by atoms with Crippen molar-refractivity contribution in [1.82, 2.24) is 4.98 Å². The maximum atomic E-state index is 10.3. The van der Waals surface area contributed by atoms with E-state index >= 15 is 0 Å². The first-order valence-corrected chi connectivity index (χ1v) is 7.63. The van der Waals surface area contributed by atoms with Crippen molar-refractivity contribution < 1.29 is 14.9 Å². The van der Waals surface area contributed by atoms with Crippen LogP contribution in [0.5, 0.6) is 17.2 Å². The van der Waals surface area contributed by atoms with Crippen LogP contribution in [0.25, 0.3) is 21.7 Å². The molecule has 4 rings (SSSR count). The molecule has 4 heteroatoms. The summed E-state index contributed by atoms with van der Waals surface area (Å²) in [6.07, 6.45) is 1.71. The molecule has 2 N–H and O–H groups in total. The lowest BCUT2D eigenvalue weighted by molar-refractivity contribution is 0.283. The number of aliphatic hydroxyl groups is 1. The number of fused-ring (bicyclic) bond motifs is 2. The van der Waals surface area contributed by atoms with Gasteiger partial charge in [-0.15, -0.1) is 0 Å². The van der Waals surface area contributed by atoms with Crippen LogP contribution in [0.2, 0.25) is 0 Å². The van der Waals surface area contributed by atoms with E-state index < -0.39 is 0 Å². The Hall–Kier alpha value is -3.11. The third kappa shape index (κ3) is 2.43. The molecule has 0 atom stereocenters. The fraction of sp³-hybridized carbons (Fsp3) is 0.0500. The molecular formula is C20H15NO3. The molecule has 4 nitrogen and oxygen atoms in total. The van der Waals surface area contributed by atoms with Crippen molar-refractivity contribution in [2.75, 3.05) is 0 Å². The van der Waals surface area contributed by atoms with Crippen molar-refractivity contribution >= 4 is 21.7 Å². The highest BCUT2D eigenvalue weighted by molar-refractivity contribution is 5.89. The average Bonchev–Trinajstić information content (AvgIpc) is 2.62. The zero-order chi connectivity index (χ0) is 16.5. The maximum absolute atomic E-state index is 10.3. The molecule has 0 aliphatic heterocycles. The molecule has 0 aliphatic rings. The van der Waals surface area contributed by atoms with E-state index in [0.29, 0.717) is 11.5 Å². The molecule has 0 radical (unpaired) electrons. The number of hydrogen-bond acceptors (Lipinski definition) is 4. The van der Waals surface area contributed by atoms with E-state index in [2.05, 4.69) is 4.98 Å². The standard InChI is InChI=1S/C20H15NO3/c22-12-15-6-1-5-14-10-19(17(23)11-16(14)15)24-18-8-2-4-13-7-3-9-21-20(13)18/h1-11,22-23H,12H2. The van der Waals surface area contributed by atoms with Gasteiger partial charge in [0.05, 0.1) is 6.61 Å². The highest BCUT2D eigenvalue weighted by atomic mass is 16.5. The van der Waals surface area contributed by atoms with Gasteiger partial charge in [-0.25, -0.2) is 0 Å². The average molecular weight is 317 g/mol. The van der Waals surface area contributed by atoms with Crippen LogP contribution in [0.3, 0.4) is 0 Å². The first-order chi connectivity index (χ1) is 11.8. The van der Waals surface area contributed by atoms with Crippen LogP contribution >= 0.6 is 0 Å². The topological polar surface area (TPSA) is 62.6 Å². The molecule has 1 heterocycles. The number of phenolic OH excluding ortho intramolecular Hbond substituents is 1. The molecule has 1 aromatic heterocycles. The Morgan fingerprint density at radius 3 is 2.54 bits per heavy atom. The van der Waals surface area contributed by atoms with Crippen molar-refractivity contribution in [3.8, 4) is 17.2 Å². The third-order valence-corrected chi connectivity index (χ3v) is 4.04. The lowest BCUT2D eigenvalue weighted by atomic mass is 10.0. The van der Waals surface area contributed by atoms with Crippen molar-refractivity contribution in [2.45, 2.75) is 6.61 Å². The summed E-state index contributed by atoms with van der Waals surface area (Å²) in [5.41, 5.74) is 1.50. The van der Waals surface area contributed by atoms with E-state index in [1.165, 1.54) is 0 Å². The lowest BCUT2D eigenvalue weighted by Crippen LogP contribution is -1.90.